The molecule has 0 spiro atoms. The number of hydrogen-bond acceptors (Lipinski definition) is 15. The number of methoxy groups -OCH3 is 1. The first-order valence-corrected chi connectivity index (χ1v) is 14.7. The van der Waals surface area contributed by atoms with Crippen LogP contribution in [0.25, 0.3) is 0 Å². The van der Waals surface area contributed by atoms with E-state index in [2.05, 4.69) is 4.74 Å². The number of ether oxygens (including phenoxy) is 7. The van der Waals surface area contributed by atoms with Crippen LogP contribution in [0.4, 0.5) is 0 Å². The molecule has 0 saturated heterocycles. The highest BCUT2D eigenvalue weighted by Crippen LogP contribution is 2.14. The van der Waals surface area contributed by atoms with Crippen LogP contribution >= 0.6 is 0 Å². The molecule has 2 aromatic carbocycles. The number of hydrogen-bond donors (Lipinski definition) is 1. The Morgan fingerprint density at radius 2 is 0.880 bits per heavy atom. The van der Waals surface area contributed by atoms with Crippen molar-refractivity contribution in [3.05, 3.63) is 95.1 Å². The average molecular weight is 699 g/mol. The summed E-state index contributed by atoms with van der Waals surface area (Å²) in [6, 6.07) is 11.0. The van der Waals surface area contributed by atoms with E-state index in [-0.39, 0.29) is 28.9 Å². The van der Waals surface area contributed by atoms with Crippen molar-refractivity contribution in [3.8, 4) is 0 Å². The molecule has 0 aliphatic rings. The molecule has 0 fully saturated rings. The number of rotatable bonds is 17. The summed E-state index contributed by atoms with van der Waals surface area (Å²) in [7, 11) is 1.14. The van der Waals surface area contributed by atoms with Crippen LogP contribution < -0.4 is 0 Å². The lowest BCUT2D eigenvalue weighted by molar-refractivity contribution is -0.145. The standard InChI is InChI=1S/C34H34O16/c1-20(18-46-32(41)24-10-6-5-9-23(24)31(39)40)49-30(38)16-14-28(36)45-17-22(3)50-34(43)26-12-8-7-11-25(26)33(42)47-19-21(2)48-29(37)15-13-27(35)44-4/h5-16,20-22H,17-19H2,1-4H3,(H,39,40)/b15-13-,16-14-. The third-order valence-corrected chi connectivity index (χ3v) is 5.96. The van der Waals surface area contributed by atoms with Crippen LogP contribution in [-0.2, 0) is 52.3 Å². The molecular formula is C34H34O16. The molecule has 50 heavy (non-hydrogen) atoms. The number of benzene rings is 2. The van der Waals surface area contributed by atoms with E-state index in [0.29, 0.717) is 0 Å². The average Bonchev–Trinajstić information content (AvgIpc) is 3.09. The fourth-order valence-corrected chi connectivity index (χ4v) is 3.64. The predicted octanol–water partition coefficient (Wildman–Crippen LogP) is 2.64. The highest BCUT2D eigenvalue weighted by molar-refractivity contribution is 6.03. The zero-order valence-electron chi connectivity index (χ0n) is 27.4. The van der Waals surface area contributed by atoms with Crippen LogP contribution in [0.1, 0.15) is 62.2 Å². The highest BCUT2D eigenvalue weighted by atomic mass is 16.6. The number of carbonyl (C=O) groups excluding carboxylic acids is 7. The van der Waals surface area contributed by atoms with E-state index >= 15 is 0 Å². The van der Waals surface area contributed by atoms with Crippen LogP contribution in [0.15, 0.2) is 72.8 Å². The van der Waals surface area contributed by atoms with Crippen LogP contribution in [0.5, 0.6) is 0 Å². The minimum atomic E-state index is -1.32. The maximum absolute atomic E-state index is 12.8. The minimum absolute atomic E-state index is 0.152. The van der Waals surface area contributed by atoms with Gasteiger partial charge in [-0.05, 0) is 45.0 Å². The van der Waals surface area contributed by atoms with Crippen LogP contribution in [0.2, 0.25) is 0 Å². The molecule has 1 N–H and O–H groups in total. The Morgan fingerprint density at radius 1 is 0.520 bits per heavy atom. The smallest absolute Gasteiger partial charge is 0.339 e. The first-order valence-electron chi connectivity index (χ1n) is 14.7. The highest BCUT2D eigenvalue weighted by Gasteiger charge is 2.23. The number of esters is 7. The van der Waals surface area contributed by atoms with Gasteiger partial charge in [-0.15, -0.1) is 0 Å². The van der Waals surface area contributed by atoms with Crippen molar-refractivity contribution in [2.45, 2.75) is 39.1 Å². The van der Waals surface area contributed by atoms with Gasteiger partial charge in [-0.2, -0.15) is 0 Å². The monoisotopic (exact) mass is 698 g/mol. The molecule has 0 saturated carbocycles. The number of carbonyl (C=O) groups is 8. The molecular weight excluding hydrogens is 664 g/mol. The lowest BCUT2D eigenvalue weighted by Gasteiger charge is -2.15. The quantitative estimate of drug-likeness (QED) is 0.142. The van der Waals surface area contributed by atoms with Crippen molar-refractivity contribution < 1.29 is 76.6 Å². The molecule has 3 atom stereocenters. The van der Waals surface area contributed by atoms with E-state index < -0.39 is 79.3 Å². The molecule has 0 heterocycles. The molecule has 0 aliphatic heterocycles. The second kappa shape index (κ2) is 20.1. The summed E-state index contributed by atoms with van der Waals surface area (Å²) >= 11 is 0. The van der Waals surface area contributed by atoms with Gasteiger partial charge in [-0.1, -0.05) is 24.3 Å². The van der Waals surface area contributed by atoms with Gasteiger partial charge in [0.25, 0.3) is 0 Å². The van der Waals surface area contributed by atoms with Crippen molar-refractivity contribution in [3.63, 3.8) is 0 Å². The summed E-state index contributed by atoms with van der Waals surface area (Å²) in [6.45, 7) is 3.06. The van der Waals surface area contributed by atoms with Gasteiger partial charge < -0.3 is 38.3 Å². The lowest BCUT2D eigenvalue weighted by Crippen LogP contribution is -2.25. The maximum atomic E-state index is 12.8. The van der Waals surface area contributed by atoms with Crippen LogP contribution in [0.3, 0.4) is 0 Å². The first-order chi connectivity index (χ1) is 23.7. The minimum Gasteiger partial charge on any atom is -0.478 e. The Kier molecular flexibility index (Phi) is 16.1. The molecule has 0 radical (unpaired) electrons. The molecule has 16 heteroatoms. The van der Waals surface area contributed by atoms with Crippen molar-refractivity contribution in [1.29, 1.82) is 0 Å². The Hall–Kier alpha value is -6.32. The van der Waals surface area contributed by atoms with Gasteiger partial charge in [0.15, 0.2) is 0 Å². The van der Waals surface area contributed by atoms with Gasteiger partial charge >= 0.3 is 47.8 Å². The molecule has 266 valence electrons. The zero-order chi connectivity index (χ0) is 37.2. The van der Waals surface area contributed by atoms with Crippen LogP contribution in [0, 0.1) is 0 Å². The molecule has 0 aromatic heterocycles. The summed E-state index contributed by atoms with van der Waals surface area (Å²) < 4.78 is 34.8. The van der Waals surface area contributed by atoms with E-state index in [1.807, 2.05) is 0 Å². The van der Waals surface area contributed by atoms with Gasteiger partial charge in [0.2, 0.25) is 0 Å². The van der Waals surface area contributed by atoms with E-state index in [0.717, 1.165) is 31.4 Å². The summed E-state index contributed by atoms with van der Waals surface area (Å²) in [5.74, 6) is -7.68. The Bertz CT molecular complexity index is 1640. The molecule has 0 aliphatic carbocycles. The van der Waals surface area contributed by atoms with Gasteiger partial charge in [-0.3, -0.25) is 0 Å². The van der Waals surface area contributed by atoms with E-state index in [1.165, 1.54) is 69.3 Å². The summed E-state index contributed by atoms with van der Waals surface area (Å²) in [6.07, 6.45) is 0.387. The second-order valence-corrected chi connectivity index (χ2v) is 10.1. The largest absolute Gasteiger partial charge is 0.478 e. The normalized spacial score (nSPS) is 12.6. The second-order valence-electron chi connectivity index (χ2n) is 10.1. The van der Waals surface area contributed by atoms with Gasteiger partial charge in [0.05, 0.1) is 29.4 Å². The molecule has 2 rings (SSSR count). The summed E-state index contributed by atoms with van der Waals surface area (Å²) in [5, 5.41) is 9.19. The Morgan fingerprint density at radius 3 is 1.34 bits per heavy atom. The van der Waals surface area contributed by atoms with Gasteiger partial charge in [0, 0.05) is 24.3 Å². The zero-order valence-corrected chi connectivity index (χ0v) is 27.4. The van der Waals surface area contributed by atoms with Crippen molar-refractivity contribution in [2.75, 3.05) is 26.9 Å². The molecule has 3 unspecified atom stereocenters. The number of carboxylic acids is 1. The Labute approximate surface area is 285 Å². The van der Waals surface area contributed by atoms with E-state index in [4.69, 9.17) is 28.4 Å². The fourth-order valence-electron chi connectivity index (χ4n) is 3.64. The SMILES string of the molecule is COC(=O)/C=C\C(=O)OC(C)COC(=O)c1ccccc1C(=O)OC(C)COC(=O)/C=C\C(=O)OC(C)COC(=O)c1ccccc1C(=O)O. The maximum Gasteiger partial charge on any atom is 0.339 e. The van der Waals surface area contributed by atoms with E-state index in [1.54, 1.807) is 0 Å². The summed E-state index contributed by atoms with van der Waals surface area (Å²) in [5.41, 5.74) is -0.740. The van der Waals surface area contributed by atoms with Crippen LogP contribution in [-0.4, -0.2) is 98.1 Å². The lowest BCUT2D eigenvalue weighted by atomic mass is 10.1. The van der Waals surface area contributed by atoms with Crippen molar-refractivity contribution in [1.82, 2.24) is 0 Å². The number of carboxylic acid groups (broad SMARTS) is 1. The predicted molar refractivity (Wildman–Crippen MR) is 168 cm³/mol. The third kappa shape index (κ3) is 13.8. The third-order valence-electron chi connectivity index (χ3n) is 5.96. The molecule has 2 aromatic rings. The molecule has 0 amide bonds. The number of aromatic carboxylic acids is 1. The van der Waals surface area contributed by atoms with Gasteiger partial charge in [0.1, 0.15) is 38.1 Å². The first kappa shape index (κ1) is 39.9. The summed E-state index contributed by atoms with van der Waals surface area (Å²) in [4.78, 5) is 95.9. The molecule has 0 bridgehead atoms. The van der Waals surface area contributed by atoms with E-state index in [9.17, 15) is 43.5 Å². The van der Waals surface area contributed by atoms with Crippen molar-refractivity contribution in [2.24, 2.45) is 0 Å². The Balaban J connectivity index is 1.80. The topological polar surface area (TPSA) is 221 Å². The van der Waals surface area contributed by atoms with Crippen molar-refractivity contribution >= 4 is 47.8 Å². The fraction of sp³-hybridized carbons (Fsp3) is 0.294. The van der Waals surface area contributed by atoms with Gasteiger partial charge in [-0.25, -0.2) is 38.4 Å². The molecule has 16 nitrogen and oxygen atoms in total.